The van der Waals surface area contributed by atoms with Crippen LogP contribution in [0.15, 0.2) is 11.4 Å². The highest BCUT2D eigenvalue weighted by atomic mass is 32.2. The summed E-state index contributed by atoms with van der Waals surface area (Å²) in [6.07, 6.45) is 1.10. The van der Waals surface area contributed by atoms with Crippen LogP contribution in [0.1, 0.15) is 38.3 Å². The Morgan fingerprint density at radius 3 is 2.90 bits per heavy atom. The van der Waals surface area contributed by atoms with E-state index >= 15 is 0 Å². The molecule has 1 aliphatic rings. The summed E-state index contributed by atoms with van der Waals surface area (Å²) < 4.78 is 0. The van der Waals surface area contributed by atoms with Crippen molar-refractivity contribution >= 4 is 50.9 Å². The largest absolute Gasteiger partial charge is 0.369 e. The lowest BCUT2D eigenvalue weighted by atomic mass is 10.3. The van der Waals surface area contributed by atoms with Crippen LogP contribution < -0.4 is 5.32 Å². The minimum absolute atomic E-state index is 0.412. The van der Waals surface area contributed by atoms with Crippen molar-refractivity contribution in [1.82, 2.24) is 9.97 Å². The second-order valence-corrected chi connectivity index (χ2v) is 9.25. The van der Waals surface area contributed by atoms with Crippen LogP contribution in [0.25, 0.3) is 10.2 Å². The fourth-order valence-corrected chi connectivity index (χ4v) is 5.93. The molecule has 3 unspecified atom stereocenters. The normalized spacial score (nSPS) is 26.1. The number of nitrogens with zero attached hydrogens (tertiary/aromatic N) is 2. The zero-order chi connectivity index (χ0) is 14.8. The van der Waals surface area contributed by atoms with Gasteiger partial charge < -0.3 is 5.32 Å². The standard InChI is InChI=1S/C15H21N3S3/c1-4-6-16-13-11-5-7-19-15(11)18-14(17-13)12-8-20-9(2)10(3)21-12/h5,7,9-10,12H,4,6,8H2,1-3H3,(H,16,17,18). The molecule has 1 N–H and O–H groups in total. The minimum Gasteiger partial charge on any atom is -0.369 e. The first-order chi connectivity index (χ1) is 10.2. The van der Waals surface area contributed by atoms with Crippen LogP contribution in [0.3, 0.4) is 0 Å². The molecule has 0 aliphatic carbocycles. The fourth-order valence-electron chi connectivity index (χ4n) is 2.31. The molecule has 1 saturated heterocycles. The van der Waals surface area contributed by atoms with E-state index in [-0.39, 0.29) is 0 Å². The van der Waals surface area contributed by atoms with Crippen molar-refractivity contribution in [3.63, 3.8) is 0 Å². The van der Waals surface area contributed by atoms with Crippen LogP contribution in [-0.4, -0.2) is 32.8 Å². The van der Waals surface area contributed by atoms with Gasteiger partial charge in [-0.1, -0.05) is 20.8 Å². The third-order valence-electron chi connectivity index (χ3n) is 3.72. The second kappa shape index (κ2) is 6.75. The molecule has 0 aromatic carbocycles. The average Bonchev–Trinajstić information content (AvgIpc) is 2.96. The van der Waals surface area contributed by atoms with E-state index in [1.54, 1.807) is 11.3 Å². The van der Waals surface area contributed by atoms with Crippen molar-refractivity contribution in [3.8, 4) is 0 Å². The number of hydrogen-bond donors (Lipinski definition) is 1. The van der Waals surface area contributed by atoms with Crippen LogP contribution in [0.2, 0.25) is 0 Å². The van der Waals surface area contributed by atoms with Gasteiger partial charge in [0.1, 0.15) is 16.5 Å². The molecule has 0 spiro atoms. The molecule has 3 heterocycles. The summed E-state index contributed by atoms with van der Waals surface area (Å²) >= 11 is 5.77. The van der Waals surface area contributed by atoms with Gasteiger partial charge in [0, 0.05) is 22.8 Å². The summed E-state index contributed by atoms with van der Waals surface area (Å²) in [6.45, 7) is 7.77. The van der Waals surface area contributed by atoms with Crippen molar-refractivity contribution in [2.75, 3.05) is 17.6 Å². The highest BCUT2D eigenvalue weighted by molar-refractivity contribution is 8.07. The molecule has 2 aromatic heterocycles. The molecule has 114 valence electrons. The number of hydrogen-bond acceptors (Lipinski definition) is 6. The fraction of sp³-hybridized carbons (Fsp3) is 0.600. The summed E-state index contributed by atoms with van der Waals surface area (Å²) in [6, 6.07) is 2.12. The van der Waals surface area contributed by atoms with Gasteiger partial charge in [-0.15, -0.1) is 23.1 Å². The molecule has 2 aromatic rings. The zero-order valence-corrected chi connectivity index (χ0v) is 15.1. The van der Waals surface area contributed by atoms with Gasteiger partial charge >= 0.3 is 0 Å². The van der Waals surface area contributed by atoms with Crippen LogP contribution in [0.5, 0.6) is 0 Å². The highest BCUT2D eigenvalue weighted by Gasteiger charge is 2.29. The number of thiophene rings is 1. The van der Waals surface area contributed by atoms with Crippen LogP contribution in [-0.2, 0) is 0 Å². The highest BCUT2D eigenvalue weighted by Crippen LogP contribution is 2.44. The first-order valence-electron chi connectivity index (χ1n) is 7.45. The van der Waals surface area contributed by atoms with E-state index < -0.39 is 0 Å². The predicted octanol–water partition coefficient (Wildman–Crippen LogP) is 4.81. The molecule has 3 rings (SSSR count). The molecule has 0 bridgehead atoms. The molecular weight excluding hydrogens is 318 g/mol. The van der Waals surface area contributed by atoms with Gasteiger partial charge in [-0.3, -0.25) is 0 Å². The van der Waals surface area contributed by atoms with Gasteiger partial charge in [0.25, 0.3) is 0 Å². The van der Waals surface area contributed by atoms with Crippen molar-refractivity contribution in [2.45, 2.75) is 42.9 Å². The van der Waals surface area contributed by atoms with E-state index in [4.69, 9.17) is 9.97 Å². The first-order valence-corrected chi connectivity index (χ1v) is 10.3. The third kappa shape index (κ3) is 3.32. The number of rotatable bonds is 4. The van der Waals surface area contributed by atoms with Gasteiger partial charge in [0.2, 0.25) is 0 Å². The minimum atomic E-state index is 0.412. The average molecular weight is 340 g/mol. The van der Waals surface area contributed by atoms with Gasteiger partial charge in [-0.2, -0.15) is 11.8 Å². The first kappa shape index (κ1) is 15.4. The SMILES string of the molecule is CCCNc1nc(C2CSC(C)C(C)S2)nc2sccc12. The number of fused-ring (bicyclic) bond motifs is 1. The Morgan fingerprint density at radius 2 is 2.14 bits per heavy atom. The maximum absolute atomic E-state index is 4.84. The van der Waals surface area contributed by atoms with Crippen LogP contribution in [0.4, 0.5) is 5.82 Å². The van der Waals surface area contributed by atoms with Crippen molar-refractivity contribution < 1.29 is 0 Å². The van der Waals surface area contributed by atoms with E-state index in [2.05, 4.69) is 37.5 Å². The summed E-state index contributed by atoms with van der Waals surface area (Å²) in [4.78, 5) is 10.8. The summed E-state index contributed by atoms with van der Waals surface area (Å²) in [7, 11) is 0. The Hall–Kier alpha value is -0.460. The maximum Gasteiger partial charge on any atom is 0.146 e. The Kier molecular flexibility index (Phi) is 4.96. The van der Waals surface area contributed by atoms with Crippen molar-refractivity contribution in [2.24, 2.45) is 0 Å². The Bertz CT molecular complexity index is 613. The second-order valence-electron chi connectivity index (χ2n) is 5.36. The summed E-state index contributed by atoms with van der Waals surface area (Å²) in [5, 5.41) is 8.51. The molecule has 0 saturated carbocycles. The summed E-state index contributed by atoms with van der Waals surface area (Å²) in [5.74, 6) is 3.12. The van der Waals surface area contributed by atoms with Crippen molar-refractivity contribution in [1.29, 1.82) is 0 Å². The van der Waals surface area contributed by atoms with E-state index in [1.165, 1.54) is 0 Å². The van der Waals surface area contributed by atoms with Gasteiger partial charge in [-0.05, 0) is 17.9 Å². The lowest BCUT2D eigenvalue weighted by Crippen LogP contribution is -2.23. The molecule has 1 aliphatic heterocycles. The van der Waals surface area contributed by atoms with Crippen LogP contribution >= 0.6 is 34.9 Å². The zero-order valence-electron chi connectivity index (χ0n) is 12.6. The third-order valence-corrected chi connectivity index (χ3v) is 7.92. The molecule has 3 atom stereocenters. The summed E-state index contributed by atoms with van der Waals surface area (Å²) in [5.41, 5.74) is 0. The molecule has 1 fully saturated rings. The predicted molar refractivity (Wildman–Crippen MR) is 97.9 cm³/mol. The van der Waals surface area contributed by atoms with E-state index in [9.17, 15) is 0 Å². The van der Waals surface area contributed by atoms with Crippen LogP contribution in [0, 0.1) is 0 Å². The Labute approximate surface area is 138 Å². The Morgan fingerprint density at radius 1 is 1.29 bits per heavy atom. The van der Waals surface area contributed by atoms with Gasteiger partial charge in [0.15, 0.2) is 0 Å². The molecule has 6 heteroatoms. The van der Waals surface area contributed by atoms with Crippen molar-refractivity contribution in [3.05, 3.63) is 17.3 Å². The number of thioether (sulfide) groups is 2. The number of anilines is 1. The molecule has 0 amide bonds. The maximum atomic E-state index is 4.84. The monoisotopic (exact) mass is 339 g/mol. The quantitative estimate of drug-likeness (QED) is 0.865. The molecule has 3 nitrogen and oxygen atoms in total. The van der Waals surface area contributed by atoms with E-state index in [0.29, 0.717) is 10.5 Å². The lowest BCUT2D eigenvalue weighted by molar-refractivity contribution is 0.864. The molecule has 21 heavy (non-hydrogen) atoms. The number of aromatic nitrogens is 2. The van der Waals surface area contributed by atoms with E-state index in [1.807, 2.05) is 23.5 Å². The van der Waals surface area contributed by atoms with E-state index in [0.717, 1.165) is 45.8 Å². The Balaban J connectivity index is 1.91. The van der Waals surface area contributed by atoms with Gasteiger partial charge in [-0.25, -0.2) is 9.97 Å². The molecule has 0 radical (unpaired) electrons. The smallest absolute Gasteiger partial charge is 0.146 e. The molecular formula is C15H21N3S3. The van der Waals surface area contributed by atoms with Gasteiger partial charge in [0.05, 0.1) is 10.6 Å². The lowest BCUT2D eigenvalue weighted by Gasteiger charge is -2.30. The number of nitrogens with one attached hydrogen (secondary N) is 1. The topological polar surface area (TPSA) is 37.8 Å².